The van der Waals surface area contributed by atoms with Gasteiger partial charge < -0.3 is 10.1 Å². The van der Waals surface area contributed by atoms with Gasteiger partial charge in [-0.05, 0) is 17.7 Å². The lowest BCUT2D eigenvalue weighted by molar-refractivity contribution is 0.448. The van der Waals surface area contributed by atoms with Crippen LogP contribution >= 0.6 is 0 Å². The summed E-state index contributed by atoms with van der Waals surface area (Å²) in [5.74, 6) is 0.175. The van der Waals surface area contributed by atoms with E-state index in [0.29, 0.717) is 12.2 Å². The van der Waals surface area contributed by atoms with Crippen LogP contribution in [0.1, 0.15) is 11.4 Å². The normalized spacial score (nSPS) is 10.1. The standard InChI is InChI=1S/C10H9N3O2/c14-9-6-10(15)13-8(12-9)5-7-1-3-11-4-2-7/h1-4,6H,5H2,(H2,12,13,14,15). The molecule has 0 saturated carbocycles. The number of nitrogens with one attached hydrogen (secondary N) is 1. The van der Waals surface area contributed by atoms with Crippen molar-refractivity contribution in [2.75, 3.05) is 0 Å². The molecule has 2 aromatic heterocycles. The number of hydrogen-bond acceptors (Lipinski definition) is 4. The van der Waals surface area contributed by atoms with Gasteiger partial charge in [0.2, 0.25) is 5.88 Å². The molecule has 0 bridgehead atoms. The molecule has 0 amide bonds. The van der Waals surface area contributed by atoms with Gasteiger partial charge in [-0.2, -0.15) is 4.98 Å². The Balaban J connectivity index is 2.29. The third kappa shape index (κ3) is 2.40. The fraction of sp³-hybridized carbons (Fsp3) is 0.100. The van der Waals surface area contributed by atoms with E-state index in [2.05, 4.69) is 15.0 Å². The van der Waals surface area contributed by atoms with Gasteiger partial charge in [0.25, 0.3) is 5.56 Å². The Hall–Kier alpha value is -2.17. The fourth-order valence-corrected chi connectivity index (χ4v) is 1.27. The maximum absolute atomic E-state index is 11.0. The van der Waals surface area contributed by atoms with Crippen LogP contribution in [-0.2, 0) is 6.42 Å². The highest BCUT2D eigenvalue weighted by Crippen LogP contribution is 2.05. The molecule has 2 rings (SSSR count). The number of aromatic hydroxyl groups is 1. The van der Waals surface area contributed by atoms with Crippen molar-refractivity contribution < 1.29 is 5.11 Å². The molecule has 5 nitrogen and oxygen atoms in total. The van der Waals surface area contributed by atoms with E-state index in [1.54, 1.807) is 12.4 Å². The van der Waals surface area contributed by atoms with Crippen molar-refractivity contribution in [3.63, 3.8) is 0 Å². The lowest BCUT2D eigenvalue weighted by Gasteiger charge is -2.00. The predicted molar refractivity (Wildman–Crippen MR) is 53.6 cm³/mol. The molecule has 76 valence electrons. The van der Waals surface area contributed by atoms with Crippen LogP contribution in [-0.4, -0.2) is 20.1 Å². The minimum atomic E-state index is -0.355. The Bertz CT molecular complexity index is 508. The van der Waals surface area contributed by atoms with E-state index in [4.69, 9.17) is 5.11 Å². The topological polar surface area (TPSA) is 78.9 Å². The van der Waals surface area contributed by atoms with Gasteiger partial charge >= 0.3 is 0 Å². The van der Waals surface area contributed by atoms with Gasteiger partial charge in [0, 0.05) is 18.8 Å². The van der Waals surface area contributed by atoms with Crippen molar-refractivity contribution in [2.45, 2.75) is 6.42 Å². The van der Waals surface area contributed by atoms with Crippen molar-refractivity contribution in [3.05, 3.63) is 52.3 Å². The first kappa shape index (κ1) is 9.39. The van der Waals surface area contributed by atoms with Crippen molar-refractivity contribution in [3.8, 4) is 5.88 Å². The number of hydrogen-bond donors (Lipinski definition) is 2. The molecule has 0 aliphatic rings. The molecule has 0 aromatic carbocycles. The SMILES string of the molecule is O=c1cc(O)nc(Cc2ccncc2)[nH]1. The molecule has 2 N–H and O–H groups in total. The molecule has 0 radical (unpaired) electrons. The van der Waals surface area contributed by atoms with E-state index in [1.807, 2.05) is 12.1 Å². The third-order valence-corrected chi connectivity index (χ3v) is 1.90. The Kier molecular flexibility index (Phi) is 2.45. The van der Waals surface area contributed by atoms with Crippen molar-refractivity contribution in [1.29, 1.82) is 0 Å². The molecule has 0 aliphatic heterocycles. The van der Waals surface area contributed by atoms with Crippen LogP contribution in [0.15, 0.2) is 35.4 Å². The van der Waals surface area contributed by atoms with Gasteiger partial charge in [-0.1, -0.05) is 0 Å². The second-order valence-corrected chi connectivity index (χ2v) is 3.08. The zero-order chi connectivity index (χ0) is 10.7. The lowest BCUT2D eigenvalue weighted by Crippen LogP contribution is -2.09. The lowest BCUT2D eigenvalue weighted by atomic mass is 10.2. The Morgan fingerprint density at radius 1 is 1.33 bits per heavy atom. The number of aromatic amines is 1. The molecule has 0 aliphatic carbocycles. The Morgan fingerprint density at radius 2 is 2.07 bits per heavy atom. The summed E-state index contributed by atoms with van der Waals surface area (Å²) < 4.78 is 0. The molecule has 0 fully saturated rings. The van der Waals surface area contributed by atoms with Gasteiger partial charge in [-0.3, -0.25) is 9.78 Å². The molecule has 0 unspecified atom stereocenters. The number of nitrogens with zero attached hydrogens (tertiary/aromatic N) is 2. The molecule has 0 spiro atoms. The van der Waals surface area contributed by atoms with Crippen LogP contribution < -0.4 is 5.56 Å². The minimum absolute atomic E-state index is 0.261. The first-order valence-electron chi connectivity index (χ1n) is 4.42. The first-order chi connectivity index (χ1) is 7.24. The summed E-state index contributed by atoms with van der Waals surface area (Å²) >= 11 is 0. The molecule has 5 heteroatoms. The van der Waals surface area contributed by atoms with Crippen LogP contribution in [0.5, 0.6) is 5.88 Å². The number of aromatic nitrogens is 3. The summed E-state index contributed by atoms with van der Waals surface area (Å²) in [4.78, 5) is 21.3. The largest absolute Gasteiger partial charge is 0.493 e. The van der Waals surface area contributed by atoms with E-state index in [9.17, 15) is 4.79 Å². The van der Waals surface area contributed by atoms with Gasteiger partial charge in [0.15, 0.2) is 0 Å². The van der Waals surface area contributed by atoms with Crippen molar-refractivity contribution in [2.24, 2.45) is 0 Å². The summed E-state index contributed by atoms with van der Waals surface area (Å²) in [5.41, 5.74) is 0.616. The highest BCUT2D eigenvalue weighted by molar-refractivity contribution is 5.17. The number of H-pyrrole nitrogens is 1. The molecule has 2 aromatic rings. The third-order valence-electron chi connectivity index (χ3n) is 1.90. The first-order valence-corrected chi connectivity index (χ1v) is 4.42. The monoisotopic (exact) mass is 203 g/mol. The molecule has 0 saturated heterocycles. The predicted octanol–water partition coefficient (Wildman–Crippen LogP) is 0.461. The molecule has 15 heavy (non-hydrogen) atoms. The summed E-state index contributed by atoms with van der Waals surface area (Å²) in [5, 5.41) is 9.13. The minimum Gasteiger partial charge on any atom is -0.493 e. The molecule has 2 heterocycles. The highest BCUT2D eigenvalue weighted by atomic mass is 16.3. The second kappa shape index (κ2) is 3.91. The van der Waals surface area contributed by atoms with Crippen LogP contribution in [0.4, 0.5) is 0 Å². The fourth-order valence-electron chi connectivity index (χ4n) is 1.27. The van der Waals surface area contributed by atoms with E-state index in [0.717, 1.165) is 11.6 Å². The zero-order valence-electron chi connectivity index (χ0n) is 7.84. The molecular weight excluding hydrogens is 194 g/mol. The van der Waals surface area contributed by atoms with Gasteiger partial charge in [-0.15, -0.1) is 0 Å². The summed E-state index contributed by atoms with van der Waals surface area (Å²) in [6.45, 7) is 0. The average Bonchev–Trinajstić information content (AvgIpc) is 2.17. The van der Waals surface area contributed by atoms with Crippen LogP contribution in [0.3, 0.4) is 0 Å². The van der Waals surface area contributed by atoms with E-state index < -0.39 is 0 Å². The zero-order valence-corrected chi connectivity index (χ0v) is 7.84. The smallest absolute Gasteiger partial charge is 0.254 e. The van der Waals surface area contributed by atoms with E-state index in [1.165, 1.54) is 0 Å². The maximum Gasteiger partial charge on any atom is 0.254 e. The summed E-state index contributed by atoms with van der Waals surface area (Å²) in [6.07, 6.45) is 3.79. The summed E-state index contributed by atoms with van der Waals surface area (Å²) in [7, 11) is 0. The summed E-state index contributed by atoms with van der Waals surface area (Å²) in [6, 6.07) is 4.68. The van der Waals surface area contributed by atoms with E-state index >= 15 is 0 Å². The van der Waals surface area contributed by atoms with Gasteiger partial charge in [-0.25, -0.2) is 0 Å². The average molecular weight is 203 g/mol. The van der Waals surface area contributed by atoms with Crippen LogP contribution in [0.25, 0.3) is 0 Å². The van der Waals surface area contributed by atoms with Crippen LogP contribution in [0, 0.1) is 0 Å². The highest BCUT2D eigenvalue weighted by Gasteiger charge is 2.00. The Morgan fingerprint density at radius 3 is 2.73 bits per heavy atom. The van der Waals surface area contributed by atoms with Crippen LogP contribution in [0.2, 0.25) is 0 Å². The molecule has 0 atom stereocenters. The number of pyridine rings is 1. The number of rotatable bonds is 2. The Labute approximate surface area is 85.5 Å². The second-order valence-electron chi connectivity index (χ2n) is 3.08. The maximum atomic E-state index is 11.0. The quantitative estimate of drug-likeness (QED) is 0.743. The van der Waals surface area contributed by atoms with Crippen molar-refractivity contribution >= 4 is 0 Å². The van der Waals surface area contributed by atoms with Crippen molar-refractivity contribution in [1.82, 2.24) is 15.0 Å². The van der Waals surface area contributed by atoms with E-state index in [-0.39, 0.29) is 11.4 Å². The van der Waals surface area contributed by atoms with Gasteiger partial charge in [0.1, 0.15) is 5.82 Å². The molecular formula is C10H9N3O2. The van der Waals surface area contributed by atoms with Gasteiger partial charge in [0.05, 0.1) is 6.07 Å².